The van der Waals surface area contributed by atoms with Gasteiger partial charge in [-0.15, -0.1) is 0 Å². The van der Waals surface area contributed by atoms with Gasteiger partial charge in [-0.2, -0.15) is 0 Å². The van der Waals surface area contributed by atoms with Crippen LogP contribution in [0.1, 0.15) is 21.6 Å². The first-order valence-corrected chi connectivity index (χ1v) is 7.45. The number of ether oxygens (including phenoxy) is 2. The summed E-state index contributed by atoms with van der Waals surface area (Å²) in [6.45, 7) is 2.72. The molecule has 1 aliphatic rings. The molecule has 1 amide bonds. The predicted octanol–water partition coefficient (Wildman–Crippen LogP) is 3.14. The van der Waals surface area contributed by atoms with E-state index < -0.39 is 0 Å². The number of aryl methyl sites for hydroxylation is 1. The Morgan fingerprint density at radius 3 is 2.91 bits per heavy atom. The molecule has 3 aromatic rings. The number of aromatic nitrogens is 1. The van der Waals surface area contributed by atoms with Crippen molar-refractivity contribution in [2.24, 2.45) is 0 Å². The zero-order valence-electron chi connectivity index (χ0n) is 12.7. The largest absolute Gasteiger partial charge is 0.454 e. The maximum absolute atomic E-state index is 12.3. The molecular formula is C18H16N2O3. The highest BCUT2D eigenvalue weighted by atomic mass is 16.7. The Bertz CT molecular complexity index is 898. The summed E-state index contributed by atoms with van der Waals surface area (Å²) in [5.41, 5.74) is 3.66. The van der Waals surface area contributed by atoms with Gasteiger partial charge in [0.1, 0.15) is 5.69 Å². The molecule has 0 radical (unpaired) electrons. The molecule has 23 heavy (non-hydrogen) atoms. The number of H-pyrrole nitrogens is 1. The lowest BCUT2D eigenvalue weighted by molar-refractivity contribution is 0.0946. The van der Waals surface area contributed by atoms with Crippen LogP contribution in [-0.2, 0) is 6.54 Å². The van der Waals surface area contributed by atoms with Crippen molar-refractivity contribution in [3.8, 4) is 11.5 Å². The van der Waals surface area contributed by atoms with E-state index in [0.717, 1.165) is 28.0 Å². The van der Waals surface area contributed by atoms with Gasteiger partial charge in [-0.3, -0.25) is 4.79 Å². The molecule has 0 fully saturated rings. The first kappa shape index (κ1) is 13.7. The molecule has 5 nitrogen and oxygen atoms in total. The summed E-state index contributed by atoms with van der Waals surface area (Å²) in [5, 5.41) is 3.96. The second-order valence-corrected chi connectivity index (χ2v) is 5.64. The molecule has 0 bridgehead atoms. The number of carbonyl (C=O) groups is 1. The number of amides is 1. The fourth-order valence-electron chi connectivity index (χ4n) is 2.70. The van der Waals surface area contributed by atoms with Gasteiger partial charge in [-0.25, -0.2) is 0 Å². The molecule has 2 aromatic carbocycles. The van der Waals surface area contributed by atoms with E-state index in [-0.39, 0.29) is 12.7 Å². The normalized spacial score (nSPS) is 12.6. The molecule has 0 aliphatic carbocycles. The number of carbonyl (C=O) groups excluding carboxylic acids is 1. The number of hydrogen-bond donors (Lipinski definition) is 2. The average molecular weight is 308 g/mol. The van der Waals surface area contributed by atoms with E-state index in [0.29, 0.717) is 12.2 Å². The van der Waals surface area contributed by atoms with E-state index >= 15 is 0 Å². The summed E-state index contributed by atoms with van der Waals surface area (Å²) < 4.78 is 10.6. The zero-order chi connectivity index (χ0) is 15.8. The Morgan fingerprint density at radius 1 is 1.13 bits per heavy atom. The quantitative estimate of drug-likeness (QED) is 0.781. The Balaban J connectivity index is 1.48. The van der Waals surface area contributed by atoms with Crippen LogP contribution in [0.15, 0.2) is 42.5 Å². The summed E-state index contributed by atoms with van der Waals surface area (Å²) in [6, 6.07) is 13.6. The Kier molecular flexibility index (Phi) is 3.19. The van der Waals surface area contributed by atoms with E-state index in [1.165, 1.54) is 5.56 Å². The maximum Gasteiger partial charge on any atom is 0.267 e. The molecule has 4 rings (SSSR count). The van der Waals surface area contributed by atoms with Crippen LogP contribution < -0.4 is 14.8 Å². The van der Waals surface area contributed by atoms with E-state index in [4.69, 9.17) is 9.47 Å². The lowest BCUT2D eigenvalue weighted by atomic mass is 10.2. The van der Waals surface area contributed by atoms with Crippen molar-refractivity contribution in [1.82, 2.24) is 10.3 Å². The standard InChI is InChI=1S/C18H16N2O3/c1-11-2-4-14-13(6-11)8-15(20-14)18(21)19-9-12-3-5-16-17(7-12)23-10-22-16/h2-8,20H,9-10H2,1H3,(H,19,21). The van der Waals surface area contributed by atoms with Gasteiger partial charge in [-0.1, -0.05) is 17.7 Å². The zero-order valence-corrected chi connectivity index (χ0v) is 12.7. The minimum absolute atomic E-state index is 0.128. The molecule has 0 saturated carbocycles. The first-order chi connectivity index (χ1) is 11.2. The third kappa shape index (κ3) is 2.61. The van der Waals surface area contributed by atoms with Gasteiger partial charge in [0.05, 0.1) is 0 Å². The van der Waals surface area contributed by atoms with Crippen LogP contribution in [0, 0.1) is 6.92 Å². The molecular weight excluding hydrogens is 292 g/mol. The van der Waals surface area contributed by atoms with Crippen molar-refractivity contribution in [3.05, 3.63) is 59.3 Å². The van der Waals surface area contributed by atoms with Crippen LogP contribution in [0.3, 0.4) is 0 Å². The van der Waals surface area contributed by atoms with Crippen molar-refractivity contribution in [2.75, 3.05) is 6.79 Å². The van der Waals surface area contributed by atoms with Crippen molar-refractivity contribution < 1.29 is 14.3 Å². The number of aromatic amines is 1. The Labute approximate surface area is 133 Å². The van der Waals surface area contributed by atoms with E-state index in [9.17, 15) is 4.79 Å². The SMILES string of the molecule is Cc1ccc2[nH]c(C(=O)NCc3ccc4c(c3)OCO4)cc2c1. The molecule has 116 valence electrons. The van der Waals surface area contributed by atoms with Crippen LogP contribution in [0.2, 0.25) is 0 Å². The Morgan fingerprint density at radius 2 is 2.00 bits per heavy atom. The highest BCUT2D eigenvalue weighted by molar-refractivity contribution is 5.98. The molecule has 0 saturated heterocycles. The molecule has 1 aliphatic heterocycles. The van der Waals surface area contributed by atoms with Crippen molar-refractivity contribution in [3.63, 3.8) is 0 Å². The van der Waals surface area contributed by atoms with Crippen LogP contribution in [0.5, 0.6) is 11.5 Å². The second-order valence-electron chi connectivity index (χ2n) is 5.64. The van der Waals surface area contributed by atoms with Crippen LogP contribution in [0.4, 0.5) is 0 Å². The third-order valence-corrected chi connectivity index (χ3v) is 3.91. The number of rotatable bonds is 3. The van der Waals surface area contributed by atoms with E-state index in [2.05, 4.69) is 16.4 Å². The second kappa shape index (κ2) is 5.35. The molecule has 0 atom stereocenters. The van der Waals surface area contributed by atoms with Gasteiger partial charge in [-0.05, 0) is 42.8 Å². The molecule has 0 spiro atoms. The van der Waals surface area contributed by atoms with Crippen molar-refractivity contribution >= 4 is 16.8 Å². The van der Waals surface area contributed by atoms with E-state index in [1.54, 1.807) is 0 Å². The lowest BCUT2D eigenvalue weighted by Gasteiger charge is -2.05. The van der Waals surface area contributed by atoms with Gasteiger partial charge < -0.3 is 19.8 Å². The monoisotopic (exact) mass is 308 g/mol. The number of hydrogen-bond acceptors (Lipinski definition) is 3. The average Bonchev–Trinajstić information content (AvgIpc) is 3.17. The fraction of sp³-hybridized carbons (Fsp3) is 0.167. The highest BCUT2D eigenvalue weighted by Gasteiger charge is 2.14. The van der Waals surface area contributed by atoms with E-state index in [1.807, 2.05) is 43.3 Å². The maximum atomic E-state index is 12.3. The number of nitrogens with one attached hydrogen (secondary N) is 2. The number of fused-ring (bicyclic) bond motifs is 2. The topological polar surface area (TPSA) is 63.4 Å². The van der Waals surface area contributed by atoms with Gasteiger partial charge in [0, 0.05) is 17.4 Å². The van der Waals surface area contributed by atoms with Gasteiger partial charge in [0.15, 0.2) is 11.5 Å². The van der Waals surface area contributed by atoms with Crippen LogP contribution in [0.25, 0.3) is 10.9 Å². The molecule has 2 N–H and O–H groups in total. The molecule has 0 unspecified atom stereocenters. The van der Waals surface area contributed by atoms with Gasteiger partial charge in [0.25, 0.3) is 5.91 Å². The van der Waals surface area contributed by atoms with Crippen molar-refractivity contribution in [1.29, 1.82) is 0 Å². The summed E-state index contributed by atoms with van der Waals surface area (Å²) in [6.07, 6.45) is 0. The Hall–Kier alpha value is -2.95. The summed E-state index contributed by atoms with van der Waals surface area (Å²) in [4.78, 5) is 15.5. The first-order valence-electron chi connectivity index (χ1n) is 7.45. The molecule has 2 heterocycles. The summed E-state index contributed by atoms with van der Waals surface area (Å²) in [7, 11) is 0. The van der Waals surface area contributed by atoms with Gasteiger partial charge in [0.2, 0.25) is 6.79 Å². The van der Waals surface area contributed by atoms with Crippen LogP contribution in [-0.4, -0.2) is 17.7 Å². The molecule has 5 heteroatoms. The minimum atomic E-state index is -0.128. The highest BCUT2D eigenvalue weighted by Crippen LogP contribution is 2.32. The minimum Gasteiger partial charge on any atom is -0.454 e. The smallest absolute Gasteiger partial charge is 0.267 e. The molecule has 1 aromatic heterocycles. The van der Waals surface area contributed by atoms with Crippen molar-refractivity contribution in [2.45, 2.75) is 13.5 Å². The fourth-order valence-corrected chi connectivity index (χ4v) is 2.70. The third-order valence-electron chi connectivity index (χ3n) is 3.91. The predicted molar refractivity (Wildman–Crippen MR) is 86.8 cm³/mol. The lowest BCUT2D eigenvalue weighted by Crippen LogP contribution is -2.23. The summed E-state index contributed by atoms with van der Waals surface area (Å²) >= 11 is 0. The van der Waals surface area contributed by atoms with Crippen LogP contribution >= 0.6 is 0 Å². The summed E-state index contributed by atoms with van der Waals surface area (Å²) in [5.74, 6) is 1.33. The number of benzene rings is 2. The van der Waals surface area contributed by atoms with Gasteiger partial charge >= 0.3 is 0 Å².